The minimum atomic E-state index is 0.170. The van der Waals surface area contributed by atoms with Crippen LogP contribution in [0.15, 0.2) is 0 Å². The lowest BCUT2D eigenvalue weighted by Gasteiger charge is -2.37. The van der Waals surface area contributed by atoms with Crippen molar-refractivity contribution in [3.63, 3.8) is 0 Å². The summed E-state index contributed by atoms with van der Waals surface area (Å²) in [5.41, 5.74) is 5.98. The molecule has 4 nitrogen and oxygen atoms in total. The quantitative estimate of drug-likeness (QED) is 0.828. The zero-order valence-corrected chi connectivity index (χ0v) is 11.7. The van der Waals surface area contributed by atoms with Gasteiger partial charge in [0.05, 0.1) is 12.7 Å². The molecule has 2 saturated heterocycles. The number of amides is 1. The highest BCUT2D eigenvalue weighted by molar-refractivity contribution is 5.76. The molecule has 2 aliphatic heterocycles. The first-order valence-corrected chi connectivity index (χ1v) is 7.09. The molecule has 2 aliphatic rings. The second-order valence-corrected chi connectivity index (χ2v) is 6.54. The number of nitrogens with two attached hydrogens (primary N) is 1. The third kappa shape index (κ3) is 3.45. The van der Waals surface area contributed by atoms with Crippen LogP contribution in [0.4, 0.5) is 0 Å². The topological polar surface area (TPSA) is 55.6 Å². The van der Waals surface area contributed by atoms with E-state index < -0.39 is 0 Å². The Hall–Kier alpha value is -0.610. The largest absolute Gasteiger partial charge is 0.377 e. The monoisotopic (exact) mass is 254 g/mol. The van der Waals surface area contributed by atoms with Crippen molar-refractivity contribution in [1.82, 2.24) is 4.90 Å². The van der Waals surface area contributed by atoms with E-state index in [4.69, 9.17) is 10.5 Å². The van der Waals surface area contributed by atoms with Crippen LogP contribution in [0.25, 0.3) is 0 Å². The Morgan fingerprint density at radius 3 is 2.61 bits per heavy atom. The summed E-state index contributed by atoms with van der Waals surface area (Å²) < 4.78 is 5.54. The van der Waals surface area contributed by atoms with Crippen LogP contribution in [0.2, 0.25) is 0 Å². The molecule has 0 bridgehead atoms. The van der Waals surface area contributed by atoms with Gasteiger partial charge in [-0.2, -0.15) is 0 Å². The van der Waals surface area contributed by atoms with E-state index >= 15 is 0 Å². The highest BCUT2D eigenvalue weighted by Gasteiger charge is 2.31. The first-order chi connectivity index (χ1) is 8.50. The number of carbonyl (C=O) groups is 1. The molecular weight excluding hydrogens is 228 g/mol. The average Bonchev–Trinajstić information content (AvgIpc) is 2.76. The summed E-state index contributed by atoms with van der Waals surface area (Å²) in [7, 11) is 0. The SMILES string of the molecule is CC1(C)CCN(C(=O)CC2COC(CN)C2)CC1. The lowest BCUT2D eigenvalue weighted by atomic mass is 9.82. The van der Waals surface area contributed by atoms with Crippen LogP contribution < -0.4 is 5.73 Å². The van der Waals surface area contributed by atoms with Gasteiger partial charge in [0.25, 0.3) is 0 Å². The Kier molecular flexibility index (Phi) is 4.28. The van der Waals surface area contributed by atoms with Crippen molar-refractivity contribution in [1.29, 1.82) is 0 Å². The molecule has 2 atom stereocenters. The second kappa shape index (κ2) is 5.57. The standard InChI is InChI=1S/C14H26N2O2/c1-14(2)3-5-16(6-4-14)13(17)8-11-7-12(9-15)18-10-11/h11-12H,3-10,15H2,1-2H3. The van der Waals surface area contributed by atoms with Gasteiger partial charge in [-0.05, 0) is 30.6 Å². The Balaban J connectivity index is 1.76. The number of piperidine rings is 1. The lowest BCUT2D eigenvalue weighted by molar-refractivity contribution is -0.134. The van der Waals surface area contributed by atoms with Crippen molar-refractivity contribution in [3.8, 4) is 0 Å². The number of rotatable bonds is 3. The van der Waals surface area contributed by atoms with Gasteiger partial charge in [0, 0.05) is 26.1 Å². The third-order valence-corrected chi connectivity index (χ3v) is 4.36. The van der Waals surface area contributed by atoms with Crippen molar-refractivity contribution in [2.45, 2.75) is 45.6 Å². The normalized spacial score (nSPS) is 31.6. The van der Waals surface area contributed by atoms with Crippen LogP contribution in [-0.2, 0) is 9.53 Å². The second-order valence-electron chi connectivity index (χ2n) is 6.54. The van der Waals surface area contributed by atoms with E-state index in [1.807, 2.05) is 4.90 Å². The smallest absolute Gasteiger partial charge is 0.222 e. The molecular formula is C14H26N2O2. The summed E-state index contributed by atoms with van der Waals surface area (Å²) >= 11 is 0. The molecule has 2 unspecified atom stereocenters. The van der Waals surface area contributed by atoms with Crippen LogP contribution in [0.5, 0.6) is 0 Å². The van der Waals surface area contributed by atoms with Gasteiger partial charge >= 0.3 is 0 Å². The van der Waals surface area contributed by atoms with Gasteiger partial charge in [-0.25, -0.2) is 0 Å². The molecule has 0 aromatic heterocycles. The maximum absolute atomic E-state index is 12.2. The van der Waals surface area contributed by atoms with Gasteiger partial charge in [-0.1, -0.05) is 13.8 Å². The number of carbonyl (C=O) groups excluding carboxylic acids is 1. The molecule has 104 valence electrons. The number of hydrogen-bond donors (Lipinski definition) is 1. The Labute approximate surface area is 110 Å². The number of likely N-dealkylation sites (tertiary alicyclic amines) is 1. The average molecular weight is 254 g/mol. The van der Waals surface area contributed by atoms with Crippen molar-refractivity contribution in [2.24, 2.45) is 17.1 Å². The molecule has 0 spiro atoms. The van der Waals surface area contributed by atoms with E-state index in [0.717, 1.165) is 32.4 Å². The number of hydrogen-bond acceptors (Lipinski definition) is 3. The van der Waals surface area contributed by atoms with Gasteiger partial charge in [-0.15, -0.1) is 0 Å². The fourth-order valence-electron chi connectivity index (χ4n) is 2.82. The predicted molar refractivity (Wildman–Crippen MR) is 71.1 cm³/mol. The third-order valence-electron chi connectivity index (χ3n) is 4.36. The van der Waals surface area contributed by atoms with Crippen molar-refractivity contribution >= 4 is 5.91 Å². The number of ether oxygens (including phenoxy) is 1. The van der Waals surface area contributed by atoms with Crippen LogP contribution >= 0.6 is 0 Å². The molecule has 2 heterocycles. The van der Waals surface area contributed by atoms with Gasteiger partial charge in [0.1, 0.15) is 0 Å². The van der Waals surface area contributed by atoms with Gasteiger partial charge in [0.15, 0.2) is 0 Å². The van der Waals surface area contributed by atoms with Crippen molar-refractivity contribution in [2.75, 3.05) is 26.2 Å². The molecule has 0 radical (unpaired) electrons. The number of nitrogens with zero attached hydrogens (tertiary/aromatic N) is 1. The summed E-state index contributed by atoms with van der Waals surface area (Å²) in [6.45, 7) is 7.67. The first-order valence-electron chi connectivity index (χ1n) is 7.09. The molecule has 0 aromatic rings. The molecule has 2 rings (SSSR count). The maximum atomic E-state index is 12.2. The van der Waals surface area contributed by atoms with E-state index in [9.17, 15) is 4.79 Å². The molecule has 2 fully saturated rings. The maximum Gasteiger partial charge on any atom is 0.222 e. The molecule has 1 amide bonds. The Morgan fingerprint density at radius 1 is 1.39 bits per heavy atom. The summed E-state index contributed by atoms with van der Waals surface area (Å²) in [5.74, 6) is 0.678. The van der Waals surface area contributed by atoms with Crippen LogP contribution in [0.3, 0.4) is 0 Å². The van der Waals surface area contributed by atoms with E-state index in [1.54, 1.807) is 0 Å². The predicted octanol–water partition coefficient (Wildman–Crippen LogP) is 1.39. The van der Waals surface area contributed by atoms with E-state index in [2.05, 4.69) is 13.8 Å². The van der Waals surface area contributed by atoms with Gasteiger partial charge in [0.2, 0.25) is 5.91 Å². The van der Waals surface area contributed by atoms with Gasteiger partial charge in [-0.3, -0.25) is 4.79 Å². The molecule has 2 N–H and O–H groups in total. The van der Waals surface area contributed by atoms with Crippen LogP contribution in [0, 0.1) is 11.3 Å². The summed E-state index contributed by atoms with van der Waals surface area (Å²) in [6, 6.07) is 0. The summed E-state index contributed by atoms with van der Waals surface area (Å²) in [5, 5.41) is 0. The van der Waals surface area contributed by atoms with E-state index in [0.29, 0.717) is 36.8 Å². The fraction of sp³-hybridized carbons (Fsp3) is 0.929. The zero-order chi connectivity index (χ0) is 13.2. The first kappa shape index (κ1) is 13.8. The fourth-order valence-corrected chi connectivity index (χ4v) is 2.82. The Bertz CT molecular complexity index is 294. The molecule has 4 heteroatoms. The molecule has 18 heavy (non-hydrogen) atoms. The highest BCUT2D eigenvalue weighted by Crippen LogP contribution is 2.31. The lowest BCUT2D eigenvalue weighted by Crippen LogP contribution is -2.41. The highest BCUT2D eigenvalue weighted by atomic mass is 16.5. The molecule has 0 saturated carbocycles. The minimum Gasteiger partial charge on any atom is -0.377 e. The van der Waals surface area contributed by atoms with Crippen molar-refractivity contribution in [3.05, 3.63) is 0 Å². The van der Waals surface area contributed by atoms with Crippen LogP contribution in [-0.4, -0.2) is 43.2 Å². The van der Waals surface area contributed by atoms with E-state index in [-0.39, 0.29) is 6.10 Å². The van der Waals surface area contributed by atoms with E-state index in [1.165, 1.54) is 0 Å². The van der Waals surface area contributed by atoms with Gasteiger partial charge < -0.3 is 15.4 Å². The van der Waals surface area contributed by atoms with Crippen LogP contribution in [0.1, 0.15) is 39.5 Å². The Morgan fingerprint density at radius 2 is 2.06 bits per heavy atom. The molecule has 0 aromatic carbocycles. The minimum absolute atomic E-state index is 0.170. The molecule has 0 aliphatic carbocycles. The summed E-state index contributed by atoms with van der Waals surface area (Å²) in [6.07, 6.45) is 3.98. The zero-order valence-electron chi connectivity index (χ0n) is 11.7. The summed E-state index contributed by atoms with van der Waals surface area (Å²) in [4.78, 5) is 14.2. The van der Waals surface area contributed by atoms with Crippen molar-refractivity contribution < 1.29 is 9.53 Å².